The maximum Gasteiger partial charge on any atom is 0.410 e. The smallest absolute Gasteiger partial charge is 0.410 e. The molecule has 0 atom stereocenters. The number of carbonyl (C=O) groups excluding carboxylic acids is 1. The summed E-state index contributed by atoms with van der Waals surface area (Å²) < 4.78 is 5.39. The van der Waals surface area contributed by atoms with Crippen LogP contribution in [0.3, 0.4) is 0 Å². The molecule has 1 rings (SSSR count). The van der Waals surface area contributed by atoms with Crippen LogP contribution in [0.15, 0.2) is 4.99 Å². The van der Waals surface area contributed by atoms with Crippen LogP contribution >= 0.6 is 24.0 Å². The molecular weight excluding hydrogens is 421 g/mol. The average molecular weight is 455 g/mol. The third kappa shape index (κ3) is 7.42. The molecule has 0 aromatic heterocycles. The van der Waals surface area contributed by atoms with Gasteiger partial charge in [-0.3, -0.25) is 4.99 Å². The summed E-state index contributed by atoms with van der Waals surface area (Å²) in [6, 6.07) is 0. The lowest BCUT2D eigenvalue weighted by atomic mass is 10.1. The highest BCUT2D eigenvalue weighted by molar-refractivity contribution is 14.0. The van der Waals surface area contributed by atoms with E-state index < -0.39 is 5.60 Å². The Balaban J connectivity index is 0.00000529. The molecule has 1 saturated heterocycles. The molecule has 0 bridgehead atoms. The Labute approximate surface area is 163 Å². The van der Waals surface area contributed by atoms with E-state index in [-0.39, 0.29) is 35.6 Å². The minimum Gasteiger partial charge on any atom is -0.444 e. The van der Waals surface area contributed by atoms with Gasteiger partial charge in [0.1, 0.15) is 5.60 Å². The van der Waals surface area contributed by atoms with E-state index in [9.17, 15) is 4.79 Å². The van der Waals surface area contributed by atoms with Gasteiger partial charge in [-0.1, -0.05) is 0 Å². The highest BCUT2D eigenvalue weighted by Crippen LogP contribution is 2.13. The zero-order valence-corrected chi connectivity index (χ0v) is 18.5. The Kier molecular flexibility index (Phi) is 8.78. The van der Waals surface area contributed by atoms with Crippen LogP contribution in [0.1, 0.15) is 34.6 Å². The largest absolute Gasteiger partial charge is 0.444 e. The van der Waals surface area contributed by atoms with Gasteiger partial charge in [-0.25, -0.2) is 4.79 Å². The predicted octanol–water partition coefficient (Wildman–Crippen LogP) is 1.81. The molecule has 0 radical (unpaired) electrons. The number of ether oxygens (including phenoxy) is 1. The van der Waals surface area contributed by atoms with Crippen LogP contribution in [0.5, 0.6) is 0 Å². The molecule has 1 heterocycles. The van der Waals surface area contributed by atoms with Crippen molar-refractivity contribution in [2.75, 3.05) is 46.8 Å². The Hall–Kier alpha value is -0.770. The van der Waals surface area contributed by atoms with Gasteiger partial charge < -0.3 is 25.2 Å². The van der Waals surface area contributed by atoms with Gasteiger partial charge in [0.05, 0.1) is 6.54 Å². The lowest BCUT2D eigenvalue weighted by Gasteiger charge is -2.36. The molecular formula is C16H34IN5O2. The van der Waals surface area contributed by atoms with Crippen molar-refractivity contribution in [3.63, 3.8) is 0 Å². The lowest BCUT2D eigenvalue weighted by molar-refractivity contribution is 0.0186. The van der Waals surface area contributed by atoms with E-state index in [1.807, 2.05) is 39.8 Å². The van der Waals surface area contributed by atoms with E-state index in [4.69, 9.17) is 10.5 Å². The van der Waals surface area contributed by atoms with Crippen LogP contribution in [-0.4, -0.2) is 84.7 Å². The summed E-state index contributed by atoms with van der Waals surface area (Å²) in [4.78, 5) is 22.4. The quantitative estimate of drug-likeness (QED) is 0.399. The SMILES string of the molecule is CN(C)C(C)(C)CN=C(N)N1CCN(C(=O)OC(C)(C)C)CC1.I. The number of rotatable bonds is 3. The van der Waals surface area contributed by atoms with Crippen LogP contribution in [0.4, 0.5) is 4.79 Å². The number of amides is 1. The third-order valence-electron chi connectivity index (χ3n) is 4.09. The standard InChI is InChI=1S/C16H33N5O2.HI/c1-15(2,3)23-14(22)21-10-8-20(9-11-21)13(17)18-12-16(4,5)19(6)7;/h8-12H2,1-7H3,(H2,17,18);1H. The van der Waals surface area contributed by atoms with Crippen molar-refractivity contribution in [3.05, 3.63) is 0 Å². The summed E-state index contributed by atoms with van der Waals surface area (Å²) in [6.07, 6.45) is -0.263. The van der Waals surface area contributed by atoms with Gasteiger partial charge in [-0.05, 0) is 48.7 Å². The number of hydrogen-bond acceptors (Lipinski definition) is 4. The van der Waals surface area contributed by atoms with Crippen LogP contribution in [0.25, 0.3) is 0 Å². The van der Waals surface area contributed by atoms with Gasteiger partial charge in [0.2, 0.25) is 0 Å². The van der Waals surface area contributed by atoms with Gasteiger partial charge in [-0.15, -0.1) is 24.0 Å². The van der Waals surface area contributed by atoms with E-state index in [2.05, 4.69) is 23.7 Å². The summed E-state index contributed by atoms with van der Waals surface area (Å²) in [5.41, 5.74) is 5.60. The minimum atomic E-state index is -0.466. The molecule has 1 aliphatic rings. The van der Waals surface area contributed by atoms with E-state index in [0.717, 1.165) is 0 Å². The first-order chi connectivity index (χ1) is 10.4. The van der Waals surface area contributed by atoms with Gasteiger partial charge >= 0.3 is 6.09 Å². The van der Waals surface area contributed by atoms with Crippen LogP contribution in [0, 0.1) is 0 Å². The Morgan fingerprint density at radius 1 is 1.08 bits per heavy atom. The Bertz CT molecular complexity index is 438. The fraction of sp³-hybridized carbons (Fsp3) is 0.875. The molecule has 142 valence electrons. The fourth-order valence-electron chi connectivity index (χ4n) is 1.96. The predicted molar refractivity (Wildman–Crippen MR) is 109 cm³/mol. The summed E-state index contributed by atoms with van der Waals surface area (Å²) in [5, 5.41) is 0. The van der Waals surface area contributed by atoms with Gasteiger partial charge in [0.15, 0.2) is 5.96 Å². The number of nitrogens with zero attached hydrogens (tertiary/aromatic N) is 4. The van der Waals surface area contributed by atoms with Crippen molar-refractivity contribution >= 4 is 36.0 Å². The number of guanidine groups is 1. The van der Waals surface area contributed by atoms with Gasteiger partial charge in [0.25, 0.3) is 0 Å². The summed E-state index contributed by atoms with van der Waals surface area (Å²) in [6.45, 7) is 13.1. The zero-order valence-electron chi connectivity index (χ0n) is 16.1. The molecule has 0 aliphatic carbocycles. The van der Waals surface area contributed by atoms with Crippen molar-refractivity contribution < 1.29 is 9.53 Å². The molecule has 7 nitrogen and oxygen atoms in total. The van der Waals surface area contributed by atoms with E-state index in [1.54, 1.807) is 4.90 Å². The number of piperazine rings is 1. The second-order valence-corrected chi connectivity index (χ2v) is 7.84. The second-order valence-electron chi connectivity index (χ2n) is 7.84. The van der Waals surface area contributed by atoms with Crippen LogP contribution in [0.2, 0.25) is 0 Å². The van der Waals surface area contributed by atoms with Crippen LogP contribution in [-0.2, 0) is 4.74 Å². The number of aliphatic imine (C=N–C) groups is 1. The molecule has 0 saturated carbocycles. The zero-order chi connectivity index (χ0) is 17.8. The molecule has 1 aliphatic heterocycles. The van der Waals surface area contributed by atoms with Crippen molar-refractivity contribution in [1.82, 2.24) is 14.7 Å². The normalized spacial score (nSPS) is 16.9. The first-order valence-corrected chi connectivity index (χ1v) is 8.12. The Morgan fingerprint density at radius 3 is 1.96 bits per heavy atom. The average Bonchev–Trinajstić information content (AvgIpc) is 2.43. The van der Waals surface area contributed by atoms with Crippen LogP contribution < -0.4 is 5.73 Å². The number of nitrogens with two attached hydrogens (primary N) is 1. The number of hydrogen-bond donors (Lipinski definition) is 1. The van der Waals surface area contributed by atoms with E-state index in [0.29, 0.717) is 38.7 Å². The summed E-state index contributed by atoms with van der Waals surface area (Å²) >= 11 is 0. The highest BCUT2D eigenvalue weighted by Gasteiger charge is 2.27. The number of carbonyl (C=O) groups is 1. The number of halogens is 1. The lowest BCUT2D eigenvalue weighted by Crippen LogP contribution is -2.53. The molecule has 1 amide bonds. The molecule has 2 N–H and O–H groups in total. The summed E-state index contributed by atoms with van der Waals surface area (Å²) in [7, 11) is 4.07. The Morgan fingerprint density at radius 2 is 1.54 bits per heavy atom. The second kappa shape index (κ2) is 9.07. The minimum absolute atomic E-state index is 0. The van der Waals surface area contributed by atoms with Gasteiger partial charge in [0, 0.05) is 31.7 Å². The monoisotopic (exact) mass is 455 g/mol. The first-order valence-electron chi connectivity index (χ1n) is 8.12. The van der Waals surface area contributed by atoms with E-state index in [1.165, 1.54) is 0 Å². The topological polar surface area (TPSA) is 74.4 Å². The fourth-order valence-corrected chi connectivity index (χ4v) is 1.96. The van der Waals surface area contributed by atoms with Gasteiger partial charge in [-0.2, -0.15) is 0 Å². The maximum absolute atomic E-state index is 12.0. The molecule has 1 fully saturated rings. The molecule has 0 spiro atoms. The highest BCUT2D eigenvalue weighted by atomic mass is 127. The van der Waals surface area contributed by atoms with E-state index >= 15 is 0 Å². The molecule has 0 aromatic carbocycles. The first kappa shape index (κ1) is 23.2. The molecule has 0 aromatic rings. The summed E-state index contributed by atoms with van der Waals surface area (Å²) in [5.74, 6) is 0.545. The van der Waals surface area contributed by atoms with Crippen molar-refractivity contribution in [1.29, 1.82) is 0 Å². The van der Waals surface area contributed by atoms with Crippen molar-refractivity contribution in [2.45, 2.75) is 45.8 Å². The maximum atomic E-state index is 12.0. The number of likely N-dealkylation sites (N-methyl/N-ethyl adjacent to an activating group) is 1. The molecule has 8 heteroatoms. The third-order valence-corrected chi connectivity index (χ3v) is 4.09. The molecule has 0 unspecified atom stereocenters. The van der Waals surface area contributed by atoms with Crippen molar-refractivity contribution in [3.8, 4) is 0 Å². The van der Waals surface area contributed by atoms with Crippen molar-refractivity contribution in [2.24, 2.45) is 10.7 Å². The molecule has 24 heavy (non-hydrogen) atoms.